The summed E-state index contributed by atoms with van der Waals surface area (Å²) in [6.07, 6.45) is 0.443. The lowest BCUT2D eigenvalue weighted by molar-refractivity contribution is -0.136. The number of hydrogen-bond donors (Lipinski definition) is 2. The third-order valence-electron chi connectivity index (χ3n) is 4.65. The minimum absolute atomic E-state index is 0.217. The number of carbonyl (C=O) groups is 3. The highest BCUT2D eigenvalue weighted by Crippen LogP contribution is 2.35. The minimum Gasteiger partial charge on any atom is -0.493 e. The molecule has 0 radical (unpaired) electrons. The number of ether oxygens (including phenoxy) is 3. The van der Waals surface area contributed by atoms with E-state index in [1.807, 2.05) is 6.92 Å². The van der Waals surface area contributed by atoms with Crippen LogP contribution in [0.5, 0.6) is 11.5 Å². The van der Waals surface area contributed by atoms with E-state index in [1.165, 1.54) is 14.2 Å². The van der Waals surface area contributed by atoms with E-state index < -0.39 is 24.0 Å². The average molecular weight is 410 g/mol. The number of nitrogens with one attached hydrogen (secondary N) is 2. The molecule has 156 valence electrons. The molecule has 2 aromatic rings. The van der Waals surface area contributed by atoms with Gasteiger partial charge in [0.1, 0.15) is 0 Å². The van der Waals surface area contributed by atoms with E-state index in [0.29, 0.717) is 28.8 Å². The smallest absolute Gasteiger partial charge is 0.343 e. The summed E-state index contributed by atoms with van der Waals surface area (Å²) < 4.78 is 15.7. The second kappa shape index (κ2) is 9.13. The third kappa shape index (κ3) is 4.27. The van der Waals surface area contributed by atoms with Crippen molar-refractivity contribution in [3.8, 4) is 11.5 Å². The standard InChI is InChI=1S/C22H22N2O6/c1-4-15-18(21(26)29-3)19(24-22(27)23-15)14-10-11-16(17(12-14)28-2)30-20(25)13-8-6-5-7-9-13/h5-12,19H,4H2,1-3H3,(H2,23,24,27). The topological polar surface area (TPSA) is 103 Å². The first kappa shape index (κ1) is 20.9. The molecule has 1 aliphatic heterocycles. The first-order valence-corrected chi connectivity index (χ1v) is 9.32. The predicted octanol–water partition coefficient (Wildman–Crippen LogP) is 3.11. The van der Waals surface area contributed by atoms with Crippen molar-refractivity contribution in [2.75, 3.05) is 14.2 Å². The summed E-state index contributed by atoms with van der Waals surface area (Å²) in [5.74, 6) is -0.579. The molecule has 0 bridgehead atoms. The maximum Gasteiger partial charge on any atom is 0.343 e. The maximum absolute atomic E-state index is 12.4. The minimum atomic E-state index is -0.742. The van der Waals surface area contributed by atoms with E-state index in [9.17, 15) is 14.4 Å². The van der Waals surface area contributed by atoms with Gasteiger partial charge in [-0.2, -0.15) is 0 Å². The lowest BCUT2D eigenvalue weighted by Gasteiger charge is -2.29. The van der Waals surface area contributed by atoms with Crippen molar-refractivity contribution in [3.05, 3.63) is 70.9 Å². The highest BCUT2D eigenvalue weighted by Gasteiger charge is 2.33. The summed E-state index contributed by atoms with van der Waals surface area (Å²) in [4.78, 5) is 36.8. The highest BCUT2D eigenvalue weighted by atomic mass is 16.6. The van der Waals surface area contributed by atoms with Crippen molar-refractivity contribution in [2.45, 2.75) is 19.4 Å². The Hall–Kier alpha value is -3.81. The lowest BCUT2D eigenvalue weighted by Crippen LogP contribution is -2.45. The number of rotatable bonds is 6. The van der Waals surface area contributed by atoms with Crippen molar-refractivity contribution in [3.63, 3.8) is 0 Å². The quantitative estimate of drug-likeness (QED) is 0.560. The fraction of sp³-hybridized carbons (Fsp3) is 0.227. The molecule has 0 saturated heterocycles. The Balaban J connectivity index is 1.95. The zero-order chi connectivity index (χ0) is 21.7. The van der Waals surface area contributed by atoms with Gasteiger partial charge in [0.25, 0.3) is 0 Å². The van der Waals surface area contributed by atoms with Crippen LogP contribution < -0.4 is 20.1 Å². The maximum atomic E-state index is 12.4. The predicted molar refractivity (Wildman–Crippen MR) is 108 cm³/mol. The van der Waals surface area contributed by atoms with Gasteiger partial charge in [-0.1, -0.05) is 31.2 Å². The zero-order valence-corrected chi connectivity index (χ0v) is 16.9. The van der Waals surface area contributed by atoms with Crippen LogP contribution in [0.25, 0.3) is 0 Å². The van der Waals surface area contributed by atoms with Crippen LogP contribution in [0, 0.1) is 0 Å². The number of esters is 2. The molecule has 0 saturated carbocycles. The van der Waals surface area contributed by atoms with Crippen LogP contribution in [-0.4, -0.2) is 32.2 Å². The van der Waals surface area contributed by atoms with E-state index in [1.54, 1.807) is 48.5 Å². The molecular weight excluding hydrogens is 388 g/mol. The molecule has 0 spiro atoms. The molecule has 1 atom stereocenters. The summed E-state index contributed by atoms with van der Waals surface area (Å²) in [5.41, 5.74) is 1.76. The van der Waals surface area contributed by atoms with E-state index in [4.69, 9.17) is 14.2 Å². The summed E-state index contributed by atoms with van der Waals surface area (Å²) in [6, 6.07) is 12.2. The van der Waals surface area contributed by atoms with Crippen molar-refractivity contribution in [1.29, 1.82) is 0 Å². The molecule has 1 heterocycles. The van der Waals surface area contributed by atoms with Gasteiger partial charge in [0.05, 0.1) is 31.4 Å². The number of amides is 2. The van der Waals surface area contributed by atoms with Crippen LogP contribution in [0.15, 0.2) is 59.8 Å². The van der Waals surface area contributed by atoms with Crippen LogP contribution in [0.4, 0.5) is 4.79 Å². The van der Waals surface area contributed by atoms with Gasteiger partial charge in [-0.3, -0.25) is 0 Å². The Morgan fingerprint density at radius 2 is 1.73 bits per heavy atom. The number of methoxy groups -OCH3 is 2. The van der Waals surface area contributed by atoms with Gasteiger partial charge in [-0.05, 0) is 36.2 Å². The molecular formula is C22H22N2O6. The van der Waals surface area contributed by atoms with E-state index >= 15 is 0 Å². The van der Waals surface area contributed by atoms with Crippen LogP contribution in [0.1, 0.15) is 35.3 Å². The van der Waals surface area contributed by atoms with Crippen molar-refractivity contribution in [2.24, 2.45) is 0 Å². The second-order valence-corrected chi connectivity index (χ2v) is 6.43. The molecule has 0 aromatic heterocycles. The van der Waals surface area contributed by atoms with E-state index in [-0.39, 0.29) is 11.5 Å². The number of benzene rings is 2. The van der Waals surface area contributed by atoms with Crippen molar-refractivity contribution < 1.29 is 28.6 Å². The van der Waals surface area contributed by atoms with Gasteiger partial charge >= 0.3 is 18.0 Å². The molecule has 0 aliphatic carbocycles. The third-order valence-corrected chi connectivity index (χ3v) is 4.65. The highest BCUT2D eigenvalue weighted by molar-refractivity contribution is 5.95. The first-order chi connectivity index (χ1) is 14.5. The molecule has 2 aromatic carbocycles. The molecule has 1 unspecified atom stereocenters. The van der Waals surface area contributed by atoms with Gasteiger partial charge < -0.3 is 24.8 Å². The molecule has 8 heteroatoms. The molecule has 2 N–H and O–H groups in total. The Morgan fingerprint density at radius 3 is 2.37 bits per heavy atom. The molecule has 0 fully saturated rings. The zero-order valence-electron chi connectivity index (χ0n) is 16.9. The van der Waals surface area contributed by atoms with Crippen LogP contribution in [0.2, 0.25) is 0 Å². The van der Waals surface area contributed by atoms with Gasteiger partial charge in [0.15, 0.2) is 11.5 Å². The number of allylic oxidation sites excluding steroid dienone is 1. The van der Waals surface area contributed by atoms with Crippen LogP contribution in [0.3, 0.4) is 0 Å². The van der Waals surface area contributed by atoms with Gasteiger partial charge in [0, 0.05) is 5.70 Å². The Labute approximate surface area is 173 Å². The normalized spacial score (nSPS) is 15.7. The second-order valence-electron chi connectivity index (χ2n) is 6.43. The number of carbonyl (C=O) groups excluding carboxylic acids is 3. The molecule has 3 rings (SSSR count). The van der Waals surface area contributed by atoms with E-state index in [0.717, 1.165) is 0 Å². The summed E-state index contributed by atoms with van der Waals surface area (Å²) in [5, 5.41) is 5.37. The number of urea groups is 1. The van der Waals surface area contributed by atoms with Gasteiger partial charge in [0.2, 0.25) is 0 Å². The Kier molecular flexibility index (Phi) is 6.36. The van der Waals surface area contributed by atoms with E-state index in [2.05, 4.69) is 10.6 Å². The first-order valence-electron chi connectivity index (χ1n) is 9.32. The Bertz CT molecular complexity index is 1000. The van der Waals surface area contributed by atoms with Gasteiger partial charge in [-0.15, -0.1) is 0 Å². The number of hydrogen-bond acceptors (Lipinski definition) is 6. The van der Waals surface area contributed by atoms with Crippen molar-refractivity contribution in [1.82, 2.24) is 10.6 Å². The summed E-state index contributed by atoms with van der Waals surface area (Å²) in [7, 11) is 2.72. The molecule has 2 amide bonds. The lowest BCUT2D eigenvalue weighted by atomic mass is 9.94. The SMILES string of the molecule is CCC1=C(C(=O)OC)C(c2ccc(OC(=O)c3ccccc3)c(OC)c2)NC(=O)N1. The monoisotopic (exact) mass is 410 g/mol. The fourth-order valence-corrected chi connectivity index (χ4v) is 3.18. The van der Waals surface area contributed by atoms with Gasteiger partial charge in [-0.25, -0.2) is 14.4 Å². The summed E-state index contributed by atoms with van der Waals surface area (Å²) >= 11 is 0. The van der Waals surface area contributed by atoms with Crippen LogP contribution >= 0.6 is 0 Å². The Morgan fingerprint density at radius 1 is 1.00 bits per heavy atom. The average Bonchev–Trinajstić information content (AvgIpc) is 2.78. The molecule has 1 aliphatic rings. The molecule has 30 heavy (non-hydrogen) atoms. The summed E-state index contributed by atoms with van der Waals surface area (Å²) in [6.45, 7) is 1.83. The molecule has 8 nitrogen and oxygen atoms in total. The van der Waals surface area contributed by atoms with Crippen LogP contribution in [-0.2, 0) is 9.53 Å². The fourth-order valence-electron chi connectivity index (χ4n) is 3.18. The van der Waals surface area contributed by atoms with Crippen molar-refractivity contribution >= 4 is 18.0 Å². The largest absolute Gasteiger partial charge is 0.493 e.